The van der Waals surface area contributed by atoms with Crippen molar-refractivity contribution in [3.63, 3.8) is 0 Å². The molecule has 0 aromatic heterocycles. The molecule has 1 saturated heterocycles. The van der Waals surface area contributed by atoms with Crippen molar-refractivity contribution in [1.82, 2.24) is 10.0 Å². The van der Waals surface area contributed by atoms with E-state index in [9.17, 15) is 13.2 Å². The van der Waals surface area contributed by atoms with E-state index >= 15 is 0 Å². The van der Waals surface area contributed by atoms with Gasteiger partial charge >= 0.3 is 0 Å². The number of carbonyl (C=O) groups is 1. The molecule has 0 aliphatic carbocycles. The Labute approximate surface area is 121 Å². The summed E-state index contributed by atoms with van der Waals surface area (Å²) in [7, 11) is -3.76. The summed E-state index contributed by atoms with van der Waals surface area (Å²) in [4.78, 5) is 11.0. The van der Waals surface area contributed by atoms with Gasteiger partial charge in [-0.2, -0.15) is 5.26 Å². The van der Waals surface area contributed by atoms with Crippen LogP contribution in [-0.2, 0) is 14.8 Å². The van der Waals surface area contributed by atoms with Gasteiger partial charge in [0, 0.05) is 19.0 Å². The maximum atomic E-state index is 12.1. The summed E-state index contributed by atoms with van der Waals surface area (Å²) in [6, 6.07) is 5.66. The van der Waals surface area contributed by atoms with Crippen LogP contribution < -0.4 is 10.0 Å². The van der Waals surface area contributed by atoms with Crippen molar-refractivity contribution < 1.29 is 13.2 Å². The number of amides is 1. The first kappa shape index (κ1) is 14.8. The summed E-state index contributed by atoms with van der Waals surface area (Å²) in [5.41, 5.74) is 0.289. The lowest BCUT2D eigenvalue weighted by molar-refractivity contribution is -0.119. The summed E-state index contributed by atoms with van der Waals surface area (Å²) >= 11 is 5.87. The summed E-state index contributed by atoms with van der Waals surface area (Å²) in [6.45, 7) is 0.115. The van der Waals surface area contributed by atoms with Gasteiger partial charge in [-0.05, 0) is 24.6 Å². The van der Waals surface area contributed by atoms with Crippen LogP contribution in [0.5, 0.6) is 0 Å². The van der Waals surface area contributed by atoms with E-state index in [1.54, 1.807) is 0 Å². The van der Waals surface area contributed by atoms with E-state index < -0.39 is 10.0 Å². The molecule has 1 aliphatic heterocycles. The van der Waals surface area contributed by atoms with Gasteiger partial charge in [0.2, 0.25) is 15.9 Å². The molecule has 20 heavy (non-hydrogen) atoms. The minimum absolute atomic E-state index is 0.00740. The van der Waals surface area contributed by atoms with Gasteiger partial charge in [-0.3, -0.25) is 4.79 Å². The molecule has 1 heterocycles. The highest BCUT2D eigenvalue weighted by atomic mass is 35.5. The third-order valence-corrected chi connectivity index (χ3v) is 4.86. The Balaban J connectivity index is 2.10. The van der Waals surface area contributed by atoms with Crippen molar-refractivity contribution in [3.05, 3.63) is 28.8 Å². The average Bonchev–Trinajstić information content (AvgIpc) is 2.82. The van der Waals surface area contributed by atoms with Crippen LogP contribution in [0.2, 0.25) is 5.02 Å². The molecule has 106 valence electrons. The van der Waals surface area contributed by atoms with E-state index in [2.05, 4.69) is 10.0 Å². The second-order valence-electron chi connectivity index (χ2n) is 4.41. The van der Waals surface area contributed by atoms with E-state index in [-0.39, 0.29) is 34.0 Å². The van der Waals surface area contributed by atoms with Crippen molar-refractivity contribution in [2.45, 2.75) is 23.8 Å². The number of carbonyl (C=O) groups excluding carboxylic acids is 1. The molecular weight excluding hydrogens is 302 g/mol. The van der Waals surface area contributed by atoms with Crippen LogP contribution in [0.25, 0.3) is 0 Å². The number of benzene rings is 1. The average molecular weight is 314 g/mol. The Morgan fingerprint density at radius 1 is 1.50 bits per heavy atom. The summed E-state index contributed by atoms with van der Waals surface area (Å²) in [5.74, 6) is -0.0781. The normalized spacial score (nSPS) is 18.6. The molecule has 0 bridgehead atoms. The zero-order valence-corrected chi connectivity index (χ0v) is 12.0. The van der Waals surface area contributed by atoms with Gasteiger partial charge in [0.05, 0.1) is 16.7 Å². The molecule has 2 rings (SSSR count). The number of sulfonamides is 1. The molecule has 1 aromatic rings. The quantitative estimate of drug-likeness (QED) is 0.857. The molecule has 2 N–H and O–H groups in total. The Hall–Kier alpha value is -1.62. The molecule has 6 nitrogen and oxygen atoms in total. The van der Waals surface area contributed by atoms with Crippen LogP contribution >= 0.6 is 11.6 Å². The lowest BCUT2D eigenvalue weighted by Crippen LogP contribution is -2.38. The second-order valence-corrected chi connectivity index (χ2v) is 6.55. The van der Waals surface area contributed by atoms with E-state index in [4.69, 9.17) is 16.9 Å². The fourth-order valence-electron chi connectivity index (χ4n) is 1.91. The second kappa shape index (κ2) is 5.79. The molecule has 0 radical (unpaired) electrons. The predicted octanol–water partition coefficient (Wildman–Crippen LogP) is 0.769. The van der Waals surface area contributed by atoms with Crippen LogP contribution in [-0.4, -0.2) is 26.9 Å². The monoisotopic (exact) mass is 313 g/mol. The SMILES string of the molecule is N#Cc1ccc(S(=O)(=O)NCC2CCC(=O)N2)c(Cl)c1. The van der Waals surface area contributed by atoms with Gasteiger partial charge in [-0.1, -0.05) is 11.6 Å². The lowest BCUT2D eigenvalue weighted by Gasteiger charge is -2.12. The first-order valence-corrected chi connectivity index (χ1v) is 7.77. The fraction of sp³-hybridized carbons (Fsp3) is 0.333. The van der Waals surface area contributed by atoms with Gasteiger partial charge < -0.3 is 5.32 Å². The minimum atomic E-state index is -3.76. The minimum Gasteiger partial charge on any atom is -0.352 e. The molecule has 1 aromatic carbocycles. The Morgan fingerprint density at radius 3 is 2.80 bits per heavy atom. The first-order valence-electron chi connectivity index (χ1n) is 5.91. The first-order chi connectivity index (χ1) is 9.42. The van der Waals surface area contributed by atoms with Crippen LogP contribution in [0, 0.1) is 11.3 Å². The third-order valence-electron chi connectivity index (χ3n) is 2.96. The molecule has 0 spiro atoms. The van der Waals surface area contributed by atoms with Crippen LogP contribution in [0.4, 0.5) is 0 Å². The summed E-state index contributed by atoms with van der Waals surface area (Å²) in [6.07, 6.45) is 1.01. The number of nitrogens with one attached hydrogen (secondary N) is 2. The third kappa shape index (κ3) is 3.28. The van der Waals surface area contributed by atoms with E-state index in [0.717, 1.165) is 0 Å². The number of nitrogens with zero attached hydrogens (tertiary/aromatic N) is 1. The maximum absolute atomic E-state index is 12.1. The fourth-order valence-corrected chi connectivity index (χ4v) is 3.53. The van der Waals surface area contributed by atoms with Gasteiger partial charge in [-0.15, -0.1) is 0 Å². The number of nitriles is 1. The molecule has 1 aliphatic rings. The van der Waals surface area contributed by atoms with Crippen LogP contribution in [0.3, 0.4) is 0 Å². The van der Waals surface area contributed by atoms with Gasteiger partial charge in [-0.25, -0.2) is 13.1 Å². The number of hydrogen-bond donors (Lipinski definition) is 2. The van der Waals surface area contributed by atoms with E-state index in [1.807, 2.05) is 6.07 Å². The largest absolute Gasteiger partial charge is 0.352 e. The number of rotatable bonds is 4. The van der Waals surface area contributed by atoms with E-state index in [1.165, 1.54) is 18.2 Å². The van der Waals surface area contributed by atoms with Crippen LogP contribution in [0.15, 0.2) is 23.1 Å². The van der Waals surface area contributed by atoms with Crippen molar-refractivity contribution in [3.8, 4) is 6.07 Å². The zero-order chi connectivity index (χ0) is 14.8. The molecule has 0 saturated carbocycles. The molecule has 8 heteroatoms. The Kier molecular flexibility index (Phi) is 4.28. The number of hydrogen-bond acceptors (Lipinski definition) is 4. The van der Waals surface area contributed by atoms with Gasteiger partial charge in [0.1, 0.15) is 4.90 Å². The van der Waals surface area contributed by atoms with Gasteiger partial charge in [0.25, 0.3) is 0 Å². The van der Waals surface area contributed by atoms with Crippen LogP contribution in [0.1, 0.15) is 18.4 Å². The molecule has 1 fully saturated rings. The highest BCUT2D eigenvalue weighted by Crippen LogP contribution is 2.22. The summed E-state index contributed by atoms with van der Waals surface area (Å²) < 4.78 is 26.6. The molecular formula is C12H12ClN3O3S. The van der Waals surface area contributed by atoms with Crippen molar-refractivity contribution >= 4 is 27.5 Å². The maximum Gasteiger partial charge on any atom is 0.242 e. The van der Waals surface area contributed by atoms with Crippen molar-refractivity contribution in [2.24, 2.45) is 0 Å². The number of halogens is 1. The van der Waals surface area contributed by atoms with Gasteiger partial charge in [0.15, 0.2) is 0 Å². The zero-order valence-electron chi connectivity index (χ0n) is 10.4. The predicted molar refractivity (Wildman–Crippen MR) is 72.5 cm³/mol. The Bertz CT molecular complexity index is 682. The molecule has 1 atom stereocenters. The molecule has 1 unspecified atom stereocenters. The highest BCUT2D eigenvalue weighted by molar-refractivity contribution is 7.89. The smallest absolute Gasteiger partial charge is 0.242 e. The summed E-state index contributed by atoms with van der Waals surface area (Å²) in [5, 5.41) is 11.4. The standard InChI is InChI=1S/C12H12ClN3O3S/c13-10-5-8(6-14)1-3-11(10)20(18,19)15-7-9-2-4-12(17)16-9/h1,3,5,9,15H,2,4,7H2,(H,16,17). The van der Waals surface area contributed by atoms with E-state index in [0.29, 0.717) is 12.8 Å². The Morgan fingerprint density at radius 2 is 2.25 bits per heavy atom. The van der Waals surface area contributed by atoms with Crippen molar-refractivity contribution in [2.75, 3.05) is 6.54 Å². The topological polar surface area (TPSA) is 99.1 Å². The molecule has 1 amide bonds. The highest BCUT2D eigenvalue weighted by Gasteiger charge is 2.24. The lowest BCUT2D eigenvalue weighted by atomic mass is 10.2. The van der Waals surface area contributed by atoms with Crippen molar-refractivity contribution in [1.29, 1.82) is 5.26 Å².